The van der Waals surface area contributed by atoms with Crippen LogP contribution in [-0.4, -0.2) is 23.4 Å². The van der Waals surface area contributed by atoms with Gasteiger partial charge in [0.2, 0.25) is 0 Å². The minimum atomic E-state index is 0.185. The topological polar surface area (TPSA) is 59.2 Å². The van der Waals surface area contributed by atoms with Crippen LogP contribution in [0, 0.1) is 6.92 Å². The molecular formula is C15H18BrN3O2. The predicted octanol–water partition coefficient (Wildman–Crippen LogP) is 3.10. The molecule has 2 N–H and O–H groups in total. The second-order valence-electron chi connectivity index (χ2n) is 5.14. The summed E-state index contributed by atoms with van der Waals surface area (Å²) in [6.45, 7) is 6.13. The number of H-pyrrole nitrogens is 1. The molecule has 0 saturated heterocycles. The Labute approximate surface area is 132 Å². The lowest BCUT2D eigenvalue weighted by atomic mass is 10.1. The zero-order chi connectivity index (χ0) is 14.8. The molecule has 1 unspecified atom stereocenters. The molecule has 3 rings (SSSR count). The van der Waals surface area contributed by atoms with Crippen molar-refractivity contribution < 1.29 is 9.47 Å². The van der Waals surface area contributed by atoms with Crippen LogP contribution in [0.4, 0.5) is 0 Å². The first-order valence-electron chi connectivity index (χ1n) is 6.96. The number of nitrogens with zero attached hydrogens (tertiary/aromatic N) is 1. The molecular weight excluding hydrogens is 334 g/mol. The summed E-state index contributed by atoms with van der Waals surface area (Å²) >= 11 is 3.62. The highest BCUT2D eigenvalue weighted by atomic mass is 79.9. The number of aromatic nitrogens is 2. The third-order valence-corrected chi connectivity index (χ3v) is 4.35. The average molecular weight is 352 g/mol. The zero-order valence-corrected chi connectivity index (χ0v) is 13.7. The number of nitrogens with one attached hydrogen (secondary N) is 2. The van der Waals surface area contributed by atoms with Crippen LogP contribution < -0.4 is 14.8 Å². The van der Waals surface area contributed by atoms with Gasteiger partial charge >= 0.3 is 0 Å². The third kappa shape index (κ3) is 3.06. The molecule has 5 nitrogen and oxygen atoms in total. The van der Waals surface area contributed by atoms with Gasteiger partial charge in [0.1, 0.15) is 13.2 Å². The molecule has 1 aliphatic heterocycles. The number of fused-ring (bicyclic) bond motifs is 1. The molecule has 0 fully saturated rings. The van der Waals surface area contributed by atoms with E-state index >= 15 is 0 Å². The number of halogens is 1. The van der Waals surface area contributed by atoms with Gasteiger partial charge < -0.3 is 14.8 Å². The standard InChI is InChI=1S/C15H18BrN3O2/c1-9-11(8-18-19-9)7-17-10(2)12-5-14-15(6-13(12)16)21-4-3-20-14/h5-6,8,10,17H,3-4,7H2,1-2H3,(H,18,19). The van der Waals surface area contributed by atoms with Crippen LogP contribution in [0.5, 0.6) is 11.5 Å². The Bertz CT molecular complexity index is 642. The van der Waals surface area contributed by atoms with Crippen molar-refractivity contribution in [3.63, 3.8) is 0 Å². The summed E-state index contributed by atoms with van der Waals surface area (Å²) < 4.78 is 12.3. The van der Waals surface area contributed by atoms with Gasteiger partial charge in [-0.25, -0.2) is 0 Å². The summed E-state index contributed by atoms with van der Waals surface area (Å²) in [6, 6.07) is 4.20. The van der Waals surface area contributed by atoms with Crippen molar-refractivity contribution in [3.8, 4) is 11.5 Å². The Morgan fingerprint density at radius 1 is 1.33 bits per heavy atom. The average Bonchev–Trinajstić information content (AvgIpc) is 2.89. The molecule has 0 aliphatic carbocycles. The maximum atomic E-state index is 5.65. The highest BCUT2D eigenvalue weighted by Gasteiger charge is 2.18. The summed E-state index contributed by atoms with van der Waals surface area (Å²) in [7, 11) is 0. The molecule has 112 valence electrons. The van der Waals surface area contributed by atoms with Crippen molar-refractivity contribution in [1.82, 2.24) is 15.5 Å². The summed E-state index contributed by atoms with van der Waals surface area (Å²) in [5.74, 6) is 1.61. The van der Waals surface area contributed by atoms with E-state index in [0.29, 0.717) is 13.2 Å². The van der Waals surface area contributed by atoms with Gasteiger partial charge in [-0.05, 0) is 31.5 Å². The van der Waals surface area contributed by atoms with E-state index in [9.17, 15) is 0 Å². The number of hydrogen-bond acceptors (Lipinski definition) is 4. The van der Waals surface area contributed by atoms with Crippen LogP contribution in [0.25, 0.3) is 0 Å². The van der Waals surface area contributed by atoms with E-state index in [1.54, 1.807) is 0 Å². The molecule has 6 heteroatoms. The van der Waals surface area contributed by atoms with Gasteiger partial charge in [0.05, 0.1) is 6.20 Å². The Morgan fingerprint density at radius 2 is 2.05 bits per heavy atom. The lowest BCUT2D eigenvalue weighted by Crippen LogP contribution is -2.20. The lowest BCUT2D eigenvalue weighted by Gasteiger charge is -2.22. The van der Waals surface area contributed by atoms with Gasteiger partial charge in [-0.1, -0.05) is 15.9 Å². The van der Waals surface area contributed by atoms with Crippen molar-refractivity contribution in [2.45, 2.75) is 26.4 Å². The third-order valence-electron chi connectivity index (χ3n) is 3.66. The van der Waals surface area contributed by atoms with Crippen molar-refractivity contribution >= 4 is 15.9 Å². The summed E-state index contributed by atoms with van der Waals surface area (Å²) in [6.07, 6.45) is 1.86. The van der Waals surface area contributed by atoms with Crippen LogP contribution >= 0.6 is 15.9 Å². The maximum absolute atomic E-state index is 5.65. The van der Waals surface area contributed by atoms with Gasteiger partial charge in [0.25, 0.3) is 0 Å². The number of hydrogen-bond donors (Lipinski definition) is 2. The van der Waals surface area contributed by atoms with E-state index in [1.165, 1.54) is 5.56 Å². The highest BCUT2D eigenvalue weighted by Crippen LogP contribution is 2.37. The molecule has 21 heavy (non-hydrogen) atoms. The molecule has 2 aromatic rings. The number of aryl methyl sites for hydroxylation is 1. The lowest BCUT2D eigenvalue weighted by molar-refractivity contribution is 0.171. The Morgan fingerprint density at radius 3 is 2.71 bits per heavy atom. The first-order valence-corrected chi connectivity index (χ1v) is 7.75. The molecule has 1 aliphatic rings. The fourth-order valence-electron chi connectivity index (χ4n) is 2.34. The zero-order valence-electron chi connectivity index (χ0n) is 12.1. The fourth-order valence-corrected chi connectivity index (χ4v) is 3.00. The minimum Gasteiger partial charge on any atom is -0.486 e. The van der Waals surface area contributed by atoms with Gasteiger partial charge in [-0.3, -0.25) is 5.10 Å². The van der Waals surface area contributed by atoms with Crippen LogP contribution in [0.15, 0.2) is 22.8 Å². The van der Waals surface area contributed by atoms with Gasteiger partial charge in [0.15, 0.2) is 11.5 Å². The van der Waals surface area contributed by atoms with Crippen LogP contribution in [0.1, 0.15) is 29.8 Å². The largest absolute Gasteiger partial charge is 0.486 e. The SMILES string of the molecule is Cc1[nH]ncc1CNC(C)c1cc2c(cc1Br)OCCO2. The van der Waals surface area contributed by atoms with Crippen LogP contribution in [0.2, 0.25) is 0 Å². The van der Waals surface area contributed by atoms with E-state index in [4.69, 9.17) is 9.47 Å². The molecule has 1 aromatic carbocycles. The second kappa shape index (κ2) is 6.07. The molecule has 0 spiro atoms. The molecule has 1 atom stereocenters. The molecule has 1 aromatic heterocycles. The quantitative estimate of drug-likeness (QED) is 0.888. The van der Waals surface area contributed by atoms with E-state index < -0.39 is 0 Å². The summed E-state index contributed by atoms with van der Waals surface area (Å²) in [4.78, 5) is 0. The normalized spacial score (nSPS) is 15.0. The Hall–Kier alpha value is -1.53. The van der Waals surface area contributed by atoms with E-state index in [1.807, 2.05) is 25.3 Å². The maximum Gasteiger partial charge on any atom is 0.162 e. The van der Waals surface area contributed by atoms with E-state index in [2.05, 4.69) is 38.4 Å². The van der Waals surface area contributed by atoms with Crippen LogP contribution in [-0.2, 0) is 6.54 Å². The smallest absolute Gasteiger partial charge is 0.162 e. The van der Waals surface area contributed by atoms with Crippen LogP contribution in [0.3, 0.4) is 0 Å². The number of benzene rings is 1. The highest BCUT2D eigenvalue weighted by molar-refractivity contribution is 9.10. The Kier molecular flexibility index (Phi) is 4.17. The van der Waals surface area contributed by atoms with E-state index in [0.717, 1.165) is 33.8 Å². The number of rotatable bonds is 4. The second-order valence-corrected chi connectivity index (χ2v) is 5.99. The monoisotopic (exact) mass is 351 g/mol. The van der Waals surface area contributed by atoms with Crippen molar-refractivity contribution in [2.75, 3.05) is 13.2 Å². The van der Waals surface area contributed by atoms with Gasteiger partial charge in [-0.15, -0.1) is 0 Å². The van der Waals surface area contributed by atoms with Crippen molar-refractivity contribution in [1.29, 1.82) is 0 Å². The van der Waals surface area contributed by atoms with Crippen molar-refractivity contribution in [2.24, 2.45) is 0 Å². The summed E-state index contributed by atoms with van der Waals surface area (Å²) in [5, 5.41) is 10.5. The Balaban J connectivity index is 1.75. The molecule has 0 bridgehead atoms. The van der Waals surface area contributed by atoms with E-state index in [-0.39, 0.29) is 6.04 Å². The fraction of sp³-hybridized carbons (Fsp3) is 0.400. The van der Waals surface area contributed by atoms with Gasteiger partial charge in [0, 0.05) is 28.3 Å². The number of aromatic amines is 1. The predicted molar refractivity (Wildman–Crippen MR) is 83.7 cm³/mol. The van der Waals surface area contributed by atoms with Crippen molar-refractivity contribution in [3.05, 3.63) is 39.6 Å². The first kappa shape index (κ1) is 14.4. The molecule has 0 radical (unpaired) electrons. The molecule has 0 saturated carbocycles. The minimum absolute atomic E-state index is 0.185. The molecule has 2 heterocycles. The number of ether oxygens (including phenoxy) is 2. The molecule has 0 amide bonds. The first-order chi connectivity index (χ1) is 10.1. The van der Waals surface area contributed by atoms with Gasteiger partial charge in [-0.2, -0.15) is 5.10 Å². The summed E-state index contributed by atoms with van der Waals surface area (Å²) in [5.41, 5.74) is 3.42.